The van der Waals surface area contributed by atoms with Crippen molar-refractivity contribution in [2.45, 2.75) is 26.7 Å². The van der Waals surface area contributed by atoms with Crippen molar-refractivity contribution in [3.05, 3.63) is 64.2 Å². The van der Waals surface area contributed by atoms with Gasteiger partial charge in [0.25, 0.3) is 11.6 Å². The first kappa shape index (κ1) is 21.9. The van der Waals surface area contributed by atoms with Gasteiger partial charge < -0.3 is 10.2 Å². The standard InChI is InChI=1S/C21H27N5O3/c1-3-5-13-25(4-2)20-12-11-19(26(28)29)14-17(20)15-23-24-21(27)16-22-18-9-7-6-8-10-18/h6-12,14-15,22H,3-5,13,16H2,1-2H3,(H,24,27)/b23-15-. The maximum absolute atomic E-state index is 12.0. The smallest absolute Gasteiger partial charge is 0.270 e. The van der Waals surface area contributed by atoms with Gasteiger partial charge in [-0.15, -0.1) is 0 Å². The van der Waals surface area contributed by atoms with Gasteiger partial charge in [-0.05, 0) is 31.5 Å². The number of para-hydroxylation sites is 1. The van der Waals surface area contributed by atoms with E-state index < -0.39 is 4.92 Å². The molecule has 2 aromatic rings. The zero-order chi connectivity index (χ0) is 21.1. The summed E-state index contributed by atoms with van der Waals surface area (Å²) in [5, 5.41) is 18.1. The molecule has 0 unspecified atom stereocenters. The molecule has 0 fully saturated rings. The van der Waals surface area contributed by atoms with Crippen LogP contribution >= 0.6 is 0 Å². The lowest BCUT2D eigenvalue weighted by molar-refractivity contribution is -0.384. The van der Waals surface area contributed by atoms with E-state index >= 15 is 0 Å². The molecule has 0 saturated carbocycles. The number of nitro benzene ring substituents is 1. The molecule has 0 radical (unpaired) electrons. The van der Waals surface area contributed by atoms with E-state index in [1.807, 2.05) is 37.3 Å². The average molecular weight is 397 g/mol. The fourth-order valence-corrected chi connectivity index (χ4v) is 2.80. The van der Waals surface area contributed by atoms with Crippen LogP contribution in [0.4, 0.5) is 17.1 Å². The second kappa shape index (κ2) is 11.4. The van der Waals surface area contributed by atoms with Crippen LogP contribution in [-0.4, -0.2) is 36.7 Å². The zero-order valence-corrected chi connectivity index (χ0v) is 16.8. The summed E-state index contributed by atoms with van der Waals surface area (Å²) in [4.78, 5) is 24.8. The molecule has 29 heavy (non-hydrogen) atoms. The van der Waals surface area contributed by atoms with Gasteiger partial charge in [-0.1, -0.05) is 31.5 Å². The molecule has 0 aliphatic rings. The van der Waals surface area contributed by atoms with E-state index in [-0.39, 0.29) is 18.1 Å². The highest BCUT2D eigenvalue weighted by Gasteiger charge is 2.14. The average Bonchev–Trinajstić information content (AvgIpc) is 2.74. The van der Waals surface area contributed by atoms with Crippen LogP contribution in [0.15, 0.2) is 53.6 Å². The molecule has 8 heteroatoms. The van der Waals surface area contributed by atoms with E-state index in [0.717, 1.165) is 37.3 Å². The largest absolute Gasteiger partial charge is 0.376 e. The first-order chi connectivity index (χ1) is 14.0. The fraction of sp³-hybridized carbons (Fsp3) is 0.333. The van der Waals surface area contributed by atoms with Crippen LogP contribution in [0.3, 0.4) is 0 Å². The quantitative estimate of drug-likeness (QED) is 0.341. The molecule has 0 aromatic heterocycles. The van der Waals surface area contributed by atoms with E-state index in [1.165, 1.54) is 18.3 Å². The molecule has 0 heterocycles. The Hall–Kier alpha value is -3.42. The highest BCUT2D eigenvalue weighted by molar-refractivity contribution is 5.90. The lowest BCUT2D eigenvalue weighted by Crippen LogP contribution is -2.26. The van der Waals surface area contributed by atoms with Gasteiger partial charge in [0, 0.05) is 42.2 Å². The molecule has 8 nitrogen and oxygen atoms in total. The number of carbonyl (C=O) groups is 1. The first-order valence-corrected chi connectivity index (χ1v) is 9.69. The monoisotopic (exact) mass is 397 g/mol. The van der Waals surface area contributed by atoms with Gasteiger partial charge in [-0.2, -0.15) is 5.10 Å². The summed E-state index contributed by atoms with van der Waals surface area (Å²) in [5.74, 6) is -0.310. The lowest BCUT2D eigenvalue weighted by atomic mass is 10.1. The van der Waals surface area contributed by atoms with Crippen molar-refractivity contribution in [2.24, 2.45) is 5.10 Å². The second-order valence-electron chi connectivity index (χ2n) is 6.45. The van der Waals surface area contributed by atoms with Crippen LogP contribution < -0.4 is 15.6 Å². The summed E-state index contributed by atoms with van der Waals surface area (Å²) < 4.78 is 0. The maximum Gasteiger partial charge on any atom is 0.270 e. The summed E-state index contributed by atoms with van der Waals surface area (Å²) in [6.45, 7) is 5.84. The number of hydrogen-bond donors (Lipinski definition) is 2. The van der Waals surface area contributed by atoms with E-state index in [2.05, 4.69) is 27.7 Å². The van der Waals surface area contributed by atoms with Gasteiger partial charge >= 0.3 is 0 Å². The fourth-order valence-electron chi connectivity index (χ4n) is 2.80. The Kier molecular flexibility index (Phi) is 8.62. The Morgan fingerprint density at radius 1 is 1.21 bits per heavy atom. The molecule has 0 spiro atoms. The number of nitrogens with one attached hydrogen (secondary N) is 2. The van der Waals surface area contributed by atoms with Crippen molar-refractivity contribution in [1.82, 2.24) is 5.43 Å². The van der Waals surface area contributed by atoms with Crippen molar-refractivity contribution < 1.29 is 9.72 Å². The molecule has 0 atom stereocenters. The Labute approximate surface area is 170 Å². The summed E-state index contributed by atoms with van der Waals surface area (Å²) in [7, 11) is 0. The molecule has 2 N–H and O–H groups in total. The summed E-state index contributed by atoms with van der Waals surface area (Å²) in [5.41, 5.74) is 4.72. The molecule has 1 amide bonds. The van der Waals surface area contributed by atoms with Gasteiger partial charge in [-0.25, -0.2) is 5.43 Å². The van der Waals surface area contributed by atoms with E-state index in [9.17, 15) is 14.9 Å². The molecule has 2 aromatic carbocycles. The minimum atomic E-state index is -0.439. The molecule has 154 valence electrons. The van der Waals surface area contributed by atoms with Gasteiger partial charge in [0.1, 0.15) is 0 Å². The highest BCUT2D eigenvalue weighted by atomic mass is 16.6. The number of nitrogens with zero attached hydrogens (tertiary/aromatic N) is 3. The number of hydrogen-bond acceptors (Lipinski definition) is 6. The van der Waals surface area contributed by atoms with Gasteiger partial charge in [0.2, 0.25) is 0 Å². The summed E-state index contributed by atoms with van der Waals surface area (Å²) in [6, 6.07) is 14.1. The van der Waals surface area contributed by atoms with E-state index in [4.69, 9.17) is 0 Å². The Balaban J connectivity index is 2.08. The van der Waals surface area contributed by atoms with Crippen molar-refractivity contribution in [2.75, 3.05) is 29.9 Å². The number of rotatable bonds is 11. The molecule has 0 aliphatic heterocycles. The van der Waals surface area contributed by atoms with Crippen LogP contribution in [0.5, 0.6) is 0 Å². The summed E-state index contributed by atoms with van der Waals surface area (Å²) >= 11 is 0. The number of unbranched alkanes of at least 4 members (excludes halogenated alkanes) is 1. The van der Waals surface area contributed by atoms with E-state index in [1.54, 1.807) is 6.07 Å². The van der Waals surface area contributed by atoms with Gasteiger partial charge in [0.15, 0.2) is 0 Å². The third-order valence-corrected chi connectivity index (χ3v) is 4.35. The highest BCUT2D eigenvalue weighted by Crippen LogP contribution is 2.24. The Morgan fingerprint density at radius 3 is 2.62 bits per heavy atom. The topological polar surface area (TPSA) is 99.9 Å². The zero-order valence-electron chi connectivity index (χ0n) is 16.8. The van der Waals surface area contributed by atoms with Gasteiger partial charge in [0.05, 0.1) is 17.7 Å². The van der Waals surface area contributed by atoms with Gasteiger partial charge in [-0.3, -0.25) is 14.9 Å². The minimum Gasteiger partial charge on any atom is -0.376 e. The number of nitro groups is 1. The first-order valence-electron chi connectivity index (χ1n) is 9.69. The van der Waals surface area contributed by atoms with Crippen molar-refractivity contribution >= 4 is 29.2 Å². The molecule has 0 saturated heterocycles. The lowest BCUT2D eigenvalue weighted by Gasteiger charge is -2.24. The van der Waals surface area contributed by atoms with Crippen molar-refractivity contribution in [1.29, 1.82) is 0 Å². The molecule has 2 rings (SSSR count). The Morgan fingerprint density at radius 2 is 1.97 bits per heavy atom. The van der Waals surface area contributed by atoms with Crippen LogP contribution in [0.2, 0.25) is 0 Å². The van der Waals surface area contributed by atoms with Crippen molar-refractivity contribution in [3.8, 4) is 0 Å². The van der Waals surface area contributed by atoms with Crippen LogP contribution in [0.1, 0.15) is 32.3 Å². The number of benzene rings is 2. The second-order valence-corrected chi connectivity index (χ2v) is 6.45. The minimum absolute atomic E-state index is 0.0150. The predicted octanol–water partition coefficient (Wildman–Crippen LogP) is 3.78. The third-order valence-electron chi connectivity index (χ3n) is 4.35. The number of hydrazone groups is 1. The number of anilines is 2. The van der Waals surface area contributed by atoms with Crippen LogP contribution in [0, 0.1) is 10.1 Å². The molecule has 0 aliphatic carbocycles. The molecular formula is C21H27N5O3. The molecule has 0 bridgehead atoms. The third kappa shape index (κ3) is 6.91. The predicted molar refractivity (Wildman–Crippen MR) is 117 cm³/mol. The van der Waals surface area contributed by atoms with Crippen molar-refractivity contribution in [3.63, 3.8) is 0 Å². The Bertz CT molecular complexity index is 839. The van der Waals surface area contributed by atoms with Crippen LogP contribution in [-0.2, 0) is 4.79 Å². The normalized spacial score (nSPS) is 10.7. The SMILES string of the molecule is CCCCN(CC)c1ccc([N+](=O)[O-])cc1/C=N\NC(=O)CNc1ccccc1. The number of non-ortho nitro benzene ring substituents is 1. The van der Waals surface area contributed by atoms with Crippen LogP contribution in [0.25, 0.3) is 0 Å². The molecular weight excluding hydrogens is 370 g/mol. The van der Waals surface area contributed by atoms with E-state index in [0.29, 0.717) is 5.56 Å². The number of carbonyl (C=O) groups excluding carboxylic acids is 1. The summed E-state index contributed by atoms with van der Waals surface area (Å²) in [6.07, 6.45) is 3.53. The maximum atomic E-state index is 12.0. The number of amides is 1.